The molecule has 2 saturated heterocycles. The minimum atomic E-state index is -4.20. The van der Waals surface area contributed by atoms with Gasteiger partial charge in [0.05, 0.1) is 18.1 Å². The zero-order valence-electron chi connectivity index (χ0n) is 6.75. The fraction of sp³-hybridized carbons (Fsp3) is 1.00. The van der Waals surface area contributed by atoms with E-state index in [0.29, 0.717) is 12.8 Å². The molecule has 78 valence electrons. The maximum atomic E-state index is 12.3. The van der Waals surface area contributed by atoms with E-state index in [1.165, 1.54) is 0 Å². The molecule has 2 bridgehead atoms. The van der Waals surface area contributed by atoms with Crippen molar-refractivity contribution in [1.29, 1.82) is 0 Å². The summed E-state index contributed by atoms with van der Waals surface area (Å²) in [7, 11) is 0. The van der Waals surface area contributed by atoms with Crippen molar-refractivity contribution in [3.05, 3.63) is 0 Å². The molecule has 0 aromatic carbocycles. The summed E-state index contributed by atoms with van der Waals surface area (Å²) >= 11 is 0. The van der Waals surface area contributed by atoms with Crippen molar-refractivity contribution in [3.63, 3.8) is 0 Å². The monoisotopic (exact) mass is 217 g/mol. The smallest absolute Gasteiger partial charge is 0.373 e. The van der Waals surface area contributed by atoms with E-state index >= 15 is 0 Å². The normalized spacial score (nSPS) is 43.4. The Kier molecular flexibility index (Phi) is 2.81. The van der Waals surface area contributed by atoms with E-state index < -0.39 is 24.2 Å². The first-order chi connectivity index (χ1) is 5.50. The number of nitrogens with two attached hydrogens (primary N) is 1. The van der Waals surface area contributed by atoms with Crippen LogP contribution in [0.4, 0.5) is 13.2 Å². The highest BCUT2D eigenvalue weighted by Crippen LogP contribution is 2.45. The van der Waals surface area contributed by atoms with Crippen LogP contribution < -0.4 is 5.73 Å². The van der Waals surface area contributed by atoms with E-state index in [0.717, 1.165) is 0 Å². The van der Waals surface area contributed by atoms with Crippen molar-refractivity contribution in [2.24, 2.45) is 11.7 Å². The van der Waals surface area contributed by atoms with Crippen LogP contribution in [0.5, 0.6) is 0 Å². The van der Waals surface area contributed by atoms with Crippen molar-refractivity contribution in [2.75, 3.05) is 0 Å². The fourth-order valence-corrected chi connectivity index (χ4v) is 2.14. The molecule has 4 atom stereocenters. The fourth-order valence-electron chi connectivity index (χ4n) is 2.14. The summed E-state index contributed by atoms with van der Waals surface area (Å²) in [6.45, 7) is 0. The molecule has 0 saturated carbocycles. The van der Waals surface area contributed by atoms with Gasteiger partial charge in [-0.1, -0.05) is 0 Å². The second kappa shape index (κ2) is 3.29. The topological polar surface area (TPSA) is 35.2 Å². The molecule has 0 spiro atoms. The Morgan fingerprint density at radius 1 is 1.15 bits per heavy atom. The highest BCUT2D eigenvalue weighted by Gasteiger charge is 2.58. The number of fused-ring (bicyclic) bond motifs is 2. The average molecular weight is 218 g/mol. The zero-order chi connectivity index (χ0) is 8.93. The highest BCUT2D eigenvalue weighted by atomic mass is 35.5. The van der Waals surface area contributed by atoms with Crippen LogP contribution in [-0.4, -0.2) is 24.4 Å². The largest absolute Gasteiger partial charge is 0.395 e. The summed E-state index contributed by atoms with van der Waals surface area (Å²) in [5.41, 5.74) is 5.41. The van der Waals surface area contributed by atoms with Gasteiger partial charge < -0.3 is 10.5 Å². The molecular formula is C7H11ClF3NO. The first-order valence-corrected chi connectivity index (χ1v) is 3.98. The van der Waals surface area contributed by atoms with Crippen LogP contribution in [-0.2, 0) is 4.74 Å². The molecule has 2 nitrogen and oxygen atoms in total. The maximum absolute atomic E-state index is 12.3. The SMILES string of the molecule is Cl.N[C@@H]1[C@@H](C(F)(F)F)[C@@H]2CC[C@H]1O2. The van der Waals surface area contributed by atoms with Crippen LogP contribution in [0.2, 0.25) is 0 Å². The molecule has 2 rings (SSSR count). The second-order valence-electron chi connectivity index (χ2n) is 3.44. The third-order valence-electron chi connectivity index (χ3n) is 2.71. The van der Waals surface area contributed by atoms with Crippen LogP contribution >= 0.6 is 12.4 Å². The molecule has 0 amide bonds. The molecule has 2 N–H and O–H groups in total. The lowest BCUT2D eigenvalue weighted by molar-refractivity contribution is -0.188. The molecule has 13 heavy (non-hydrogen) atoms. The Bertz CT molecular complexity index is 197. The van der Waals surface area contributed by atoms with E-state index in [4.69, 9.17) is 10.5 Å². The van der Waals surface area contributed by atoms with Crippen LogP contribution in [0.3, 0.4) is 0 Å². The molecule has 2 aliphatic heterocycles. The van der Waals surface area contributed by atoms with Gasteiger partial charge in [-0.2, -0.15) is 13.2 Å². The van der Waals surface area contributed by atoms with Gasteiger partial charge in [0, 0.05) is 6.04 Å². The van der Waals surface area contributed by atoms with E-state index in [1.807, 2.05) is 0 Å². The van der Waals surface area contributed by atoms with Crippen molar-refractivity contribution in [3.8, 4) is 0 Å². The average Bonchev–Trinajstić information content (AvgIpc) is 2.42. The Hall–Kier alpha value is -0.0000000000000000486. The van der Waals surface area contributed by atoms with E-state index in [-0.39, 0.29) is 18.5 Å². The number of rotatable bonds is 0. The molecule has 2 fully saturated rings. The summed E-state index contributed by atoms with van der Waals surface area (Å²) in [6, 6.07) is -0.844. The number of halogens is 4. The van der Waals surface area contributed by atoms with Crippen LogP contribution in [0, 0.1) is 5.92 Å². The predicted molar refractivity (Wildman–Crippen MR) is 42.7 cm³/mol. The van der Waals surface area contributed by atoms with Gasteiger partial charge in [0.25, 0.3) is 0 Å². The lowest BCUT2D eigenvalue weighted by Crippen LogP contribution is -2.47. The first kappa shape index (κ1) is 11.1. The molecular weight excluding hydrogens is 207 g/mol. The van der Waals surface area contributed by atoms with Gasteiger partial charge in [-0.25, -0.2) is 0 Å². The van der Waals surface area contributed by atoms with Gasteiger partial charge in [-0.05, 0) is 12.8 Å². The number of alkyl halides is 3. The number of ether oxygens (including phenoxy) is 1. The zero-order valence-corrected chi connectivity index (χ0v) is 7.57. The minimum Gasteiger partial charge on any atom is -0.373 e. The predicted octanol–water partition coefficient (Wildman–Crippen LogP) is 1.48. The highest BCUT2D eigenvalue weighted by molar-refractivity contribution is 5.85. The maximum Gasteiger partial charge on any atom is 0.395 e. The molecule has 0 aliphatic carbocycles. The van der Waals surface area contributed by atoms with E-state index in [2.05, 4.69) is 0 Å². The molecule has 2 aliphatic rings. The van der Waals surface area contributed by atoms with Crippen molar-refractivity contribution in [2.45, 2.75) is 37.3 Å². The summed E-state index contributed by atoms with van der Waals surface area (Å²) in [4.78, 5) is 0. The Morgan fingerprint density at radius 2 is 1.69 bits per heavy atom. The lowest BCUT2D eigenvalue weighted by Gasteiger charge is -2.26. The molecule has 2 heterocycles. The quantitative estimate of drug-likeness (QED) is 0.667. The summed E-state index contributed by atoms with van der Waals surface area (Å²) in [6.07, 6.45) is -4.05. The van der Waals surface area contributed by atoms with E-state index in [1.54, 1.807) is 0 Å². The van der Waals surface area contributed by atoms with Crippen molar-refractivity contribution >= 4 is 12.4 Å². The summed E-state index contributed by atoms with van der Waals surface area (Å²) < 4.78 is 42.0. The van der Waals surface area contributed by atoms with Gasteiger partial charge in [0.15, 0.2) is 0 Å². The summed E-state index contributed by atoms with van der Waals surface area (Å²) in [5, 5.41) is 0. The second-order valence-corrected chi connectivity index (χ2v) is 3.44. The van der Waals surface area contributed by atoms with E-state index in [9.17, 15) is 13.2 Å². The molecule has 0 unspecified atom stereocenters. The summed E-state index contributed by atoms with van der Waals surface area (Å²) in [5.74, 6) is -1.43. The van der Waals surface area contributed by atoms with Crippen molar-refractivity contribution < 1.29 is 17.9 Å². The third-order valence-corrected chi connectivity index (χ3v) is 2.71. The van der Waals surface area contributed by atoms with Crippen LogP contribution in [0.1, 0.15) is 12.8 Å². The van der Waals surface area contributed by atoms with Gasteiger partial charge in [0.1, 0.15) is 0 Å². The molecule has 0 radical (unpaired) electrons. The minimum absolute atomic E-state index is 0. The van der Waals surface area contributed by atoms with Gasteiger partial charge in [0.2, 0.25) is 0 Å². The Balaban J connectivity index is 0.000000845. The van der Waals surface area contributed by atoms with Crippen LogP contribution in [0.25, 0.3) is 0 Å². The number of hydrogen-bond donors (Lipinski definition) is 1. The number of hydrogen-bond acceptors (Lipinski definition) is 2. The molecule has 6 heteroatoms. The third kappa shape index (κ3) is 1.65. The molecule has 0 aromatic rings. The lowest BCUT2D eigenvalue weighted by atomic mass is 9.85. The molecule has 0 aromatic heterocycles. The van der Waals surface area contributed by atoms with Crippen LogP contribution in [0.15, 0.2) is 0 Å². The van der Waals surface area contributed by atoms with Gasteiger partial charge >= 0.3 is 6.18 Å². The standard InChI is InChI=1S/C7H10F3NO.ClH/c8-7(9,10)5-3-1-2-4(12-3)6(5)11;/h3-6H,1-2,11H2;1H/t3-,4+,5-,6-;/m0./s1. The van der Waals surface area contributed by atoms with Gasteiger partial charge in [-0.15, -0.1) is 12.4 Å². The Morgan fingerprint density at radius 3 is 2.00 bits per heavy atom. The van der Waals surface area contributed by atoms with Crippen molar-refractivity contribution in [1.82, 2.24) is 0 Å². The van der Waals surface area contributed by atoms with Gasteiger partial charge in [-0.3, -0.25) is 0 Å². The Labute approximate surface area is 80.0 Å². The first-order valence-electron chi connectivity index (χ1n) is 3.98.